The highest BCUT2D eigenvalue weighted by Crippen LogP contribution is 2.22. The van der Waals surface area contributed by atoms with Crippen molar-refractivity contribution in [3.8, 4) is 0 Å². The number of amides is 1. The number of anilines is 1. The quantitative estimate of drug-likeness (QED) is 0.670. The van der Waals surface area contributed by atoms with Gasteiger partial charge in [-0.2, -0.15) is 10.2 Å². The van der Waals surface area contributed by atoms with Crippen LogP contribution in [0.1, 0.15) is 16.1 Å². The van der Waals surface area contributed by atoms with Gasteiger partial charge in [0.15, 0.2) is 11.5 Å². The predicted octanol–water partition coefficient (Wildman–Crippen LogP) is 2.77. The Morgan fingerprint density at radius 1 is 1.08 bits per heavy atom. The van der Waals surface area contributed by atoms with Gasteiger partial charge in [0.1, 0.15) is 11.6 Å². The summed E-state index contributed by atoms with van der Waals surface area (Å²) in [7, 11) is 0. The molecule has 0 aliphatic heterocycles. The molecule has 0 fully saturated rings. The summed E-state index contributed by atoms with van der Waals surface area (Å²) < 4.78 is 2.78. The van der Waals surface area contributed by atoms with Crippen molar-refractivity contribution >= 4 is 40.9 Å². The second kappa shape index (κ2) is 7.59. The first-order valence-electron chi connectivity index (χ1n) is 7.45. The molecule has 2 aromatic heterocycles. The van der Waals surface area contributed by atoms with Crippen molar-refractivity contribution in [1.29, 1.82) is 0 Å². The second-order valence-corrected chi connectivity index (χ2v) is 6.18. The molecule has 0 atom stereocenters. The topological polar surface area (TPSA) is 102 Å². The van der Waals surface area contributed by atoms with E-state index in [0.29, 0.717) is 11.6 Å². The molecule has 0 spiro atoms. The average Bonchev–Trinajstić information content (AvgIpc) is 3.17. The number of hydrogen-bond donors (Lipinski definition) is 2. The number of rotatable bonds is 6. The zero-order valence-corrected chi connectivity index (χ0v) is 14.8. The van der Waals surface area contributed by atoms with E-state index in [1.54, 1.807) is 16.9 Å². The van der Waals surface area contributed by atoms with E-state index in [-0.39, 0.29) is 23.1 Å². The van der Waals surface area contributed by atoms with E-state index in [1.165, 1.54) is 16.9 Å². The summed E-state index contributed by atoms with van der Waals surface area (Å²) in [5, 5.41) is 20.3. The Bertz CT molecular complexity index is 966. The van der Waals surface area contributed by atoms with E-state index in [9.17, 15) is 9.59 Å². The van der Waals surface area contributed by atoms with Gasteiger partial charge in [-0.15, -0.1) is 0 Å². The highest BCUT2D eigenvalue weighted by Gasteiger charge is 2.13. The Kier molecular flexibility index (Phi) is 5.24. The van der Waals surface area contributed by atoms with Crippen LogP contribution >= 0.6 is 23.2 Å². The number of nitrogens with zero attached hydrogens (tertiary/aromatic N) is 4. The Balaban J connectivity index is 1.66. The minimum absolute atomic E-state index is 0.139. The van der Waals surface area contributed by atoms with Crippen molar-refractivity contribution < 1.29 is 14.7 Å². The van der Waals surface area contributed by atoms with E-state index in [0.717, 1.165) is 5.56 Å². The smallest absolute Gasteiger partial charge is 0.356 e. The Morgan fingerprint density at radius 3 is 2.54 bits per heavy atom. The van der Waals surface area contributed by atoms with Gasteiger partial charge in [-0.1, -0.05) is 41.4 Å². The molecule has 0 saturated heterocycles. The van der Waals surface area contributed by atoms with Crippen molar-refractivity contribution in [2.45, 2.75) is 13.1 Å². The van der Waals surface area contributed by atoms with Crippen LogP contribution in [0.5, 0.6) is 0 Å². The third-order valence-electron chi connectivity index (χ3n) is 3.43. The summed E-state index contributed by atoms with van der Waals surface area (Å²) >= 11 is 12.2. The van der Waals surface area contributed by atoms with E-state index >= 15 is 0 Å². The molecule has 134 valence electrons. The molecule has 10 heteroatoms. The molecule has 8 nitrogen and oxygen atoms in total. The molecule has 0 bridgehead atoms. The number of carbonyl (C=O) groups excluding carboxylic acids is 1. The zero-order valence-electron chi connectivity index (χ0n) is 13.3. The molecular weight excluding hydrogens is 381 g/mol. The monoisotopic (exact) mass is 393 g/mol. The van der Waals surface area contributed by atoms with Crippen LogP contribution in [0.3, 0.4) is 0 Å². The lowest BCUT2D eigenvalue weighted by Gasteiger charge is -2.04. The fraction of sp³-hybridized carbons (Fsp3) is 0.125. The number of nitrogens with one attached hydrogen (secondary N) is 1. The van der Waals surface area contributed by atoms with E-state index in [2.05, 4.69) is 15.5 Å². The van der Waals surface area contributed by atoms with Gasteiger partial charge in [0.25, 0.3) is 0 Å². The predicted molar refractivity (Wildman–Crippen MR) is 95.6 cm³/mol. The first-order valence-corrected chi connectivity index (χ1v) is 8.21. The summed E-state index contributed by atoms with van der Waals surface area (Å²) in [5.41, 5.74) is 0.726. The SMILES string of the molecule is O=C(Cn1ccc(C(=O)O)n1)Nc1nn(Cc2ccccc2Cl)cc1Cl. The van der Waals surface area contributed by atoms with Crippen molar-refractivity contribution in [2.24, 2.45) is 0 Å². The maximum absolute atomic E-state index is 12.1. The number of carbonyl (C=O) groups is 2. The first-order chi connectivity index (χ1) is 12.4. The third kappa shape index (κ3) is 4.22. The van der Waals surface area contributed by atoms with Gasteiger partial charge in [-0.3, -0.25) is 14.2 Å². The molecule has 26 heavy (non-hydrogen) atoms. The van der Waals surface area contributed by atoms with Crippen molar-refractivity contribution in [1.82, 2.24) is 19.6 Å². The second-order valence-electron chi connectivity index (χ2n) is 5.37. The Morgan fingerprint density at radius 2 is 1.85 bits per heavy atom. The third-order valence-corrected chi connectivity index (χ3v) is 4.08. The number of benzene rings is 1. The number of aromatic carboxylic acids is 1. The molecule has 1 aromatic carbocycles. The zero-order chi connectivity index (χ0) is 18.7. The van der Waals surface area contributed by atoms with Gasteiger partial charge in [-0.05, 0) is 17.7 Å². The molecular formula is C16H13Cl2N5O3. The van der Waals surface area contributed by atoms with Crippen molar-refractivity contribution in [3.63, 3.8) is 0 Å². The van der Waals surface area contributed by atoms with Crippen LogP contribution in [0, 0.1) is 0 Å². The first kappa shape index (κ1) is 18.0. The standard InChI is InChI=1S/C16H13Cl2N5O3/c17-11-4-2-1-3-10(11)7-23-8-12(18)15(21-23)19-14(24)9-22-6-5-13(20-22)16(25)26/h1-6,8H,7,9H2,(H,25,26)(H,19,21,24). The van der Waals surface area contributed by atoms with Crippen LogP contribution in [0.15, 0.2) is 42.7 Å². The van der Waals surface area contributed by atoms with Crippen LogP contribution in [0.25, 0.3) is 0 Å². The lowest BCUT2D eigenvalue weighted by molar-refractivity contribution is -0.116. The van der Waals surface area contributed by atoms with Crippen molar-refractivity contribution in [2.75, 3.05) is 5.32 Å². The summed E-state index contributed by atoms with van der Waals surface area (Å²) in [6, 6.07) is 8.65. The number of halogens is 2. The molecule has 3 aromatic rings. The van der Waals surface area contributed by atoms with Gasteiger partial charge in [0.05, 0.1) is 6.54 Å². The molecule has 2 N–H and O–H groups in total. The lowest BCUT2D eigenvalue weighted by Crippen LogP contribution is -2.20. The molecule has 0 radical (unpaired) electrons. The molecule has 1 amide bonds. The summed E-state index contributed by atoms with van der Waals surface area (Å²) in [6.07, 6.45) is 2.98. The number of carboxylic acids is 1. The molecule has 0 unspecified atom stereocenters. The van der Waals surface area contributed by atoms with Gasteiger partial charge in [0.2, 0.25) is 5.91 Å². The van der Waals surface area contributed by atoms with Crippen LogP contribution < -0.4 is 5.32 Å². The summed E-state index contributed by atoms with van der Waals surface area (Å²) in [5.74, 6) is -1.39. The lowest BCUT2D eigenvalue weighted by atomic mass is 10.2. The number of hydrogen-bond acceptors (Lipinski definition) is 4. The molecule has 2 heterocycles. The molecule has 0 aliphatic carbocycles. The largest absolute Gasteiger partial charge is 0.476 e. The fourth-order valence-electron chi connectivity index (χ4n) is 2.25. The maximum Gasteiger partial charge on any atom is 0.356 e. The van der Waals surface area contributed by atoms with Crippen LogP contribution in [0.2, 0.25) is 10.0 Å². The minimum Gasteiger partial charge on any atom is -0.476 e. The summed E-state index contributed by atoms with van der Waals surface area (Å²) in [4.78, 5) is 22.9. The van der Waals surface area contributed by atoms with E-state index in [1.807, 2.05) is 18.2 Å². The minimum atomic E-state index is -1.16. The number of aromatic nitrogens is 4. The van der Waals surface area contributed by atoms with Gasteiger partial charge >= 0.3 is 5.97 Å². The molecule has 0 saturated carbocycles. The summed E-state index contributed by atoms with van der Waals surface area (Å²) in [6.45, 7) is 0.234. The van der Waals surface area contributed by atoms with E-state index < -0.39 is 11.9 Å². The van der Waals surface area contributed by atoms with E-state index in [4.69, 9.17) is 28.3 Å². The van der Waals surface area contributed by atoms with Gasteiger partial charge in [0, 0.05) is 17.4 Å². The van der Waals surface area contributed by atoms with Crippen LogP contribution in [-0.4, -0.2) is 36.5 Å². The highest BCUT2D eigenvalue weighted by atomic mass is 35.5. The normalized spacial score (nSPS) is 10.7. The van der Waals surface area contributed by atoms with Gasteiger partial charge in [-0.25, -0.2) is 4.79 Å². The average molecular weight is 394 g/mol. The van der Waals surface area contributed by atoms with Crippen LogP contribution in [-0.2, 0) is 17.9 Å². The fourth-order valence-corrected chi connectivity index (χ4v) is 2.64. The highest BCUT2D eigenvalue weighted by molar-refractivity contribution is 6.33. The Labute approximate surface area is 157 Å². The molecule has 3 rings (SSSR count). The molecule has 0 aliphatic rings. The number of carboxylic acid groups (broad SMARTS) is 1. The Hall–Kier alpha value is -2.84. The van der Waals surface area contributed by atoms with Crippen LogP contribution in [0.4, 0.5) is 5.82 Å². The van der Waals surface area contributed by atoms with Crippen molar-refractivity contribution in [3.05, 3.63) is 64.0 Å². The van der Waals surface area contributed by atoms with Gasteiger partial charge < -0.3 is 10.4 Å². The maximum atomic E-state index is 12.1.